The molecule has 0 N–H and O–H groups in total. The van der Waals surface area contributed by atoms with Gasteiger partial charge in [0.2, 0.25) is 0 Å². The third-order valence-electron chi connectivity index (χ3n) is 1.39. The standard InChI is InChI=1S/C8H5Cl2F3S/c9-4-5-3-6(10)1-2-7(5)14-8(11,12)13/h1-3H,4H2. The van der Waals surface area contributed by atoms with Crippen molar-refractivity contribution in [3.63, 3.8) is 0 Å². The van der Waals surface area contributed by atoms with E-state index in [0.29, 0.717) is 10.6 Å². The van der Waals surface area contributed by atoms with Gasteiger partial charge < -0.3 is 0 Å². The molecule has 0 fully saturated rings. The van der Waals surface area contributed by atoms with Crippen molar-refractivity contribution in [2.45, 2.75) is 16.3 Å². The Bertz CT molecular complexity index is 325. The molecule has 0 amide bonds. The summed E-state index contributed by atoms with van der Waals surface area (Å²) in [6, 6.07) is 4.16. The molecule has 0 saturated carbocycles. The second-order valence-corrected chi connectivity index (χ2v) is 4.24. The molecule has 1 aromatic carbocycles. The van der Waals surface area contributed by atoms with Crippen LogP contribution in [0.2, 0.25) is 5.02 Å². The topological polar surface area (TPSA) is 0 Å². The normalized spacial score (nSPS) is 11.8. The van der Waals surface area contributed by atoms with E-state index in [0.717, 1.165) is 0 Å². The molecule has 1 rings (SSSR count). The Morgan fingerprint density at radius 3 is 2.43 bits per heavy atom. The minimum atomic E-state index is -4.30. The van der Waals surface area contributed by atoms with Crippen molar-refractivity contribution < 1.29 is 13.2 Å². The second kappa shape index (κ2) is 4.64. The van der Waals surface area contributed by atoms with Crippen LogP contribution < -0.4 is 0 Å². The summed E-state index contributed by atoms with van der Waals surface area (Å²) in [6.45, 7) is 0. The Morgan fingerprint density at radius 1 is 1.29 bits per heavy atom. The summed E-state index contributed by atoms with van der Waals surface area (Å²) in [5, 5.41) is 0.382. The molecule has 0 spiro atoms. The van der Waals surface area contributed by atoms with Gasteiger partial charge in [-0.15, -0.1) is 11.6 Å². The fourth-order valence-electron chi connectivity index (χ4n) is 0.877. The molecule has 0 heterocycles. The summed E-state index contributed by atoms with van der Waals surface area (Å²) >= 11 is 10.9. The Hall–Kier alpha value is -0.0600. The van der Waals surface area contributed by atoms with Gasteiger partial charge in [0.25, 0.3) is 0 Å². The maximum absolute atomic E-state index is 12.0. The van der Waals surface area contributed by atoms with E-state index in [1.807, 2.05) is 0 Å². The van der Waals surface area contributed by atoms with Crippen LogP contribution >= 0.6 is 35.0 Å². The molecule has 78 valence electrons. The lowest BCUT2D eigenvalue weighted by molar-refractivity contribution is -0.0328. The minimum Gasteiger partial charge on any atom is -0.160 e. The maximum atomic E-state index is 12.0. The molecule has 0 radical (unpaired) electrons. The highest BCUT2D eigenvalue weighted by Crippen LogP contribution is 2.39. The number of hydrogen-bond acceptors (Lipinski definition) is 1. The Morgan fingerprint density at radius 2 is 1.93 bits per heavy atom. The largest absolute Gasteiger partial charge is 0.446 e. The minimum absolute atomic E-state index is 0.0129. The van der Waals surface area contributed by atoms with Gasteiger partial charge in [0, 0.05) is 15.8 Å². The van der Waals surface area contributed by atoms with Gasteiger partial charge in [0.05, 0.1) is 0 Å². The van der Waals surface area contributed by atoms with E-state index in [1.54, 1.807) is 0 Å². The van der Waals surface area contributed by atoms with Gasteiger partial charge in [-0.1, -0.05) is 11.6 Å². The molecule has 0 aliphatic carbocycles. The van der Waals surface area contributed by atoms with E-state index in [9.17, 15) is 13.2 Å². The molecular formula is C8H5Cl2F3S. The first-order valence-electron chi connectivity index (χ1n) is 3.52. The van der Waals surface area contributed by atoms with E-state index < -0.39 is 5.51 Å². The van der Waals surface area contributed by atoms with Gasteiger partial charge in [-0.2, -0.15) is 13.2 Å². The van der Waals surface area contributed by atoms with Crippen molar-refractivity contribution in [2.75, 3.05) is 0 Å². The van der Waals surface area contributed by atoms with E-state index >= 15 is 0 Å². The van der Waals surface area contributed by atoms with E-state index in [1.165, 1.54) is 18.2 Å². The van der Waals surface area contributed by atoms with Gasteiger partial charge in [-0.3, -0.25) is 0 Å². The summed E-state index contributed by atoms with van der Waals surface area (Å²) in [6.07, 6.45) is 0. The Kier molecular flexibility index (Phi) is 3.98. The summed E-state index contributed by atoms with van der Waals surface area (Å²) in [5.74, 6) is 0.0129. The molecule has 0 aliphatic rings. The van der Waals surface area contributed by atoms with Crippen molar-refractivity contribution in [1.82, 2.24) is 0 Å². The van der Waals surface area contributed by atoms with Crippen LogP contribution in [0.15, 0.2) is 23.1 Å². The predicted molar refractivity (Wildman–Crippen MR) is 52.9 cm³/mol. The van der Waals surface area contributed by atoms with Gasteiger partial charge in [-0.05, 0) is 35.5 Å². The number of halogens is 5. The molecule has 0 nitrogen and oxygen atoms in total. The average molecular weight is 261 g/mol. The first-order chi connectivity index (χ1) is 6.42. The highest BCUT2D eigenvalue weighted by molar-refractivity contribution is 8.00. The van der Waals surface area contributed by atoms with Gasteiger partial charge in [-0.25, -0.2) is 0 Å². The zero-order chi connectivity index (χ0) is 10.8. The smallest absolute Gasteiger partial charge is 0.160 e. The number of rotatable bonds is 2. The van der Waals surface area contributed by atoms with Crippen molar-refractivity contribution in [2.24, 2.45) is 0 Å². The molecule has 14 heavy (non-hydrogen) atoms. The van der Waals surface area contributed by atoms with Gasteiger partial charge >= 0.3 is 5.51 Å². The zero-order valence-electron chi connectivity index (χ0n) is 6.74. The molecule has 0 aliphatic heterocycles. The van der Waals surface area contributed by atoms with Crippen LogP contribution in [0.4, 0.5) is 13.2 Å². The average Bonchev–Trinajstić information content (AvgIpc) is 2.06. The van der Waals surface area contributed by atoms with Crippen LogP contribution in [0.1, 0.15) is 5.56 Å². The fraction of sp³-hybridized carbons (Fsp3) is 0.250. The molecule has 6 heteroatoms. The molecule has 0 saturated heterocycles. The lowest BCUT2D eigenvalue weighted by atomic mass is 10.2. The molecule has 0 bridgehead atoms. The molecule has 0 aromatic heterocycles. The lowest BCUT2D eigenvalue weighted by Crippen LogP contribution is -2.00. The van der Waals surface area contributed by atoms with Crippen molar-refractivity contribution >= 4 is 35.0 Å². The fourth-order valence-corrected chi connectivity index (χ4v) is 2.02. The second-order valence-electron chi connectivity index (χ2n) is 2.43. The predicted octanol–water partition coefficient (Wildman–Crippen LogP) is 4.69. The highest BCUT2D eigenvalue weighted by atomic mass is 35.5. The first-order valence-corrected chi connectivity index (χ1v) is 5.25. The van der Waals surface area contributed by atoms with E-state index in [2.05, 4.69) is 0 Å². The quantitative estimate of drug-likeness (QED) is 0.549. The van der Waals surface area contributed by atoms with Gasteiger partial charge in [0.15, 0.2) is 0 Å². The van der Waals surface area contributed by atoms with Crippen molar-refractivity contribution in [3.05, 3.63) is 28.8 Å². The molecular weight excluding hydrogens is 256 g/mol. The number of hydrogen-bond donors (Lipinski definition) is 0. The van der Waals surface area contributed by atoms with Crippen LogP contribution in [0.5, 0.6) is 0 Å². The summed E-state index contributed by atoms with van der Waals surface area (Å²) in [4.78, 5) is 0.0944. The highest BCUT2D eigenvalue weighted by Gasteiger charge is 2.30. The third-order valence-corrected chi connectivity index (χ3v) is 2.76. The van der Waals surface area contributed by atoms with Crippen LogP contribution in [-0.4, -0.2) is 5.51 Å². The summed E-state index contributed by atoms with van der Waals surface area (Å²) in [5.41, 5.74) is -3.91. The molecule has 1 aromatic rings. The monoisotopic (exact) mass is 260 g/mol. The SMILES string of the molecule is FC(F)(F)Sc1ccc(Cl)cc1CCl. The summed E-state index contributed by atoms with van der Waals surface area (Å²) < 4.78 is 36.1. The van der Waals surface area contributed by atoms with E-state index in [4.69, 9.17) is 23.2 Å². The number of thioether (sulfide) groups is 1. The van der Waals surface area contributed by atoms with Crippen LogP contribution in [-0.2, 0) is 5.88 Å². The Labute approximate surface area is 93.4 Å². The number of benzene rings is 1. The molecule has 0 unspecified atom stereocenters. The lowest BCUT2D eigenvalue weighted by Gasteiger charge is -2.09. The van der Waals surface area contributed by atoms with Crippen molar-refractivity contribution in [3.8, 4) is 0 Å². The molecule has 0 atom stereocenters. The third kappa shape index (κ3) is 3.59. The Balaban J connectivity index is 2.97. The summed E-state index contributed by atoms with van der Waals surface area (Å²) in [7, 11) is 0. The maximum Gasteiger partial charge on any atom is 0.446 e. The first kappa shape index (κ1) is 12.0. The van der Waals surface area contributed by atoms with Crippen LogP contribution in [0.25, 0.3) is 0 Å². The van der Waals surface area contributed by atoms with Gasteiger partial charge in [0.1, 0.15) is 0 Å². The van der Waals surface area contributed by atoms with Crippen molar-refractivity contribution in [1.29, 1.82) is 0 Å². The zero-order valence-corrected chi connectivity index (χ0v) is 9.07. The van der Waals surface area contributed by atoms with Crippen LogP contribution in [0.3, 0.4) is 0 Å². The van der Waals surface area contributed by atoms with E-state index in [-0.39, 0.29) is 22.5 Å². The van der Waals surface area contributed by atoms with Crippen LogP contribution in [0, 0.1) is 0 Å². The number of alkyl halides is 4.